The lowest BCUT2D eigenvalue weighted by Gasteiger charge is -2.15. The fourth-order valence-corrected chi connectivity index (χ4v) is 0.806. The molecule has 3 N–H and O–H groups in total. The van der Waals surface area contributed by atoms with Gasteiger partial charge in [-0.2, -0.15) is 5.26 Å². The third kappa shape index (κ3) is 6.44. The number of rotatable bonds is 5. The van der Waals surface area contributed by atoms with Gasteiger partial charge in [-0.1, -0.05) is 0 Å². The molecular formula is C10H19N3O. The van der Waals surface area contributed by atoms with Crippen LogP contribution < -0.4 is 11.1 Å². The Labute approximate surface area is 85.5 Å². The topological polar surface area (TPSA) is 78.9 Å². The van der Waals surface area contributed by atoms with Gasteiger partial charge in [0, 0.05) is 19.0 Å². The lowest BCUT2D eigenvalue weighted by atomic mass is 9.96. The van der Waals surface area contributed by atoms with Crippen molar-refractivity contribution in [1.29, 1.82) is 5.26 Å². The minimum Gasteiger partial charge on any atom is -0.355 e. The molecule has 0 radical (unpaired) electrons. The van der Waals surface area contributed by atoms with Gasteiger partial charge in [0.2, 0.25) is 5.91 Å². The fraction of sp³-hybridized carbons (Fsp3) is 0.800. The van der Waals surface area contributed by atoms with Crippen LogP contribution >= 0.6 is 0 Å². The van der Waals surface area contributed by atoms with E-state index in [0.717, 1.165) is 0 Å². The Morgan fingerprint density at radius 1 is 1.64 bits per heavy atom. The van der Waals surface area contributed by atoms with E-state index in [1.54, 1.807) is 13.8 Å². The van der Waals surface area contributed by atoms with Crippen LogP contribution in [0.4, 0.5) is 0 Å². The molecule has 0 aliphatic carbocycles. The molecule has 0 aliphatic heterocycles. The Morgan fingerprint density at radius 2 is 2.21 bits per heavy atom. The van der Waals surface area contributed by atoms with Crippen molar-refractivity contribution in [2.24, 2.45) is 11.1 Å². The van der Waals surface area contributed by atoms with Gasteiger partial charge in [-0.3, -0.25) is 4.79 Å². The summed E-state index contributed by atoms with van der Waals surface area (Å²) in [6.45, 7) is 5.84. The van der Waals surface area contributed by atoms with Crippen molar-refractivity contribution < 1.29 is 4.79 Å². The standard InChI is InChI=1S/C10H19N3O/c1-8(12)4-5-9(14)13-7-10(2,3)6-11/h8H,4-5,7,12H2,1-3H3,(H,13,14). The average molecular weight is 197 g/mol. The molecule has 1 unspecified atom stereocenters. The minimum absolute atomic E-state index is 0.0365. The van der Waals surface area contributed by atoms with Crippen molar-refractivity contribution in [2.45, 2.75) is 39.7 Å². The number of nitrogens with two attached hydrogens (primary N) is 1. The van der Waals surface area contributed by atoms with E-state index < -0.39 is 5.41 Å². The maximum absolute atomic E-state index is 11.2. The van der Waals surface area contributed by atoms with Gasteiger partial charge in [-0.15, -0.1) is 0 Å². The SMILES string of the molecule is CC(N)CCC(=O)NCC(C)(C)C#N. The van der Waals surface area contributed by atoms with Crippen LogP contribution in [0.15, 0.2) is 0 Å². The van der Waals surface area contributed by atoms with Gasteiger partial charge in [0.15, 0.2) is 0 Å². The van der Waals surface area contributed by atoms with Crippen LogP contribution in [-0.2, 0) is 4.79 Å². The summed E-state index contributed by atoms with van der Waals surface area (Å²) in [6, 6.07) is 2.17. The zero-order valence-electron chi connectivity index (χ0n) is 9.13. The molecule has 4 nitrogen and oxygen atoms in total. The smallest absolute Gasteiger partial charge is 0.220 e. The molecule has 1 atom stereocenters. The van der Waals surface area contributed by atoms with Gasteiger partial charge in [0.1, 0.15) is 0 Å². The number of nitrogens with zero attached hydrogens (tertiary/aromatic N) is 1. The van der Waals surface area contributed by atoms with E-state index in [2.05, 4.69) is 11.4 Å². The van der Waals surface area contributed by atoms with Crippen LogP contribution in [0.3, 0.4) is 0 Å². The Bertz CT molecular complexity index is 228. The summed E-state index contributed by atoms with van der Waals surface area (Å²) in [5, 5.41) is 11.4. The van der Waals surface area contributed by atoms with Gasteiger partial charge < -0.3 is 11.1 Å². The Balaban J connectivity index is 3.71. The molecule has 4 heteroatoms. The van der Waals surface area contributed by atoms with Crippen molar-refractivity contribution >= 4 is 5.91 Å². The largest absolute Gasteiger partial charge is 0.355 e. The van der Waals surface area contributed by atoms with Crippen molar-refractivity contribution in [1.82, 2.24) is 5.32 Å². The third-order valence-electron chi connectivity index (χ3n) is 1.86. The molecule has 0 saturated heterocycles. The zero-order valence-corrected chi connectivity index (χ0v) is 9.13. The van der Waals surface area contributed by atoms with E-state index in [4.69, 9.17) is 11.0 Å². The van der Waals surface area contributed by atoms with Crippen molar-refractivity contribution in [3.8, 4) is 6.07 Å². The Hall–Kier alpha value is -1.08. The first-order chi connectivity index (χ1) is 6.37. The summed E-state index contributed by atoms with van der Waals surface area (Å²) in [6.07, 6.45) is 1.11. The molecule has 14 heavy (non-hydrogen) atoms. The number of hydrogen-bond acceptors (Lipinski definition) is 3. The summed E-state index contributed by atoms with van der Waals surface area (Å²) in [5.74, 6) is -0.0365. The molecule has 0 rings (SSSR count). The molecule has 0 fully saturated rings. The number of nitriles is 1. The van der Waals surface area contributed by atoms with Gasteiger partial charge in [0.25, 0.3) is 0 Å². The molecule has 0 spiro atoms. The second-order valence-electron chi connectivity index (χ2n) is 4.29. The summed E-state index contributed by atoms with van der Waals surface area (Å²) in [7, 11) is 0. The molecule has 0 heterocycles. The molecule has 1 amide bonds. The third-order valence-corrected chi connectivity index (χ3v) is 1.86. The molecule has 0 aromatic rings. The monoisotopic (exact) mass is 197 g/mol. The maximum Gasteiger partial charge on any atom is 0.220 e. The first-order valence-electron chi connectivity index (χ1n) is 4.81. The molecule has 0 aromatic heterocycles. The summed E-state index contributed by atoms with van der Waals surface area (Å²) in [4.78, 5) is 11.2. The quantitative estimate of drug-likeness (QED) is 0.683. The van der Waals surface area contributed by atoms with E-state index in [9.17, 15) is 4.79 Å². The molecule has 0 aromatic carbocycles. The second-order valence-corrected chi connectivity index (χ2v) is 4.29. The van der Waals surface area contributed by atoms with Crippen LogP contribution in [-0.4, -0.2) is 18.5 Å². The lowest BCUT2D eigenvalue weighted by Crippen LogP contribution is -2.33. The molecular weight excluding hydrogens is 178 g/mol. The average Bonchev–Trinajstić information content (AvgIpc) is 2.11. The van der Waals surface area contributed by atoms with Crippen molar-refractivity contribution in [3.05, 3.63) is 0 Å². The number of nitrogens with one attached hydrogen (secondary N) is 1. The molecule has 80 valence electrons. The Morgan fingerprint density at radius 3 is 2.64 bits per heavy atom. The highest BCUT2D eigenvalue weighted by atomic mass is 16.1. The van der Waals surface area contributed by atoms with Gasteiger partial charge in [0.05, 0.1) is 11.5 Å². The van der Waals surface area contributed by atoms with Crippen LogP contribution in [0, 0.1) is 16.7 Å². The second kappa shape index (κ2) is 5.61. The van der Waals surface area contributed by atoms with Crippen LogP contribution in [0.25, 0.3) is 0 Å². The molecule has 0 saturated carbocycles. The summed E-state index contributed by atoms with van der Waals surface area (Å²) < 4.78 is 0. The van der Waals surface area contributed by atoms with Crippen LogP contribution in [0.2, 0.25) is 0 Å². The number of amides is 1. The number of carbonyl (C=O) groups is 1. The van der Waals surface area contributed by atoms with E-state index in [-0.39, 0.29) is 11.9 Å². The van der Waals surface area contributed by atoms with E-state index in [1.807, 2.05) is 6.92 Å². The highest BCUT2D eigenvalue weighted by molar-refractivity contribution is 5.75. The van der Waals surface area contributed by atoms with Gasteiger partial charge in [-0.25, -0.2) is 0 Å². The first kappa shape index (κ1) is 12.9. The van der Waals surface area contributed by atoms with Crippen molar-refractivity contribution in [2.75, 3.05) is 6.54 Å². The van der Waals surface area contributed by atoms with Gasteiger partial charge >= 0.3 is 0 Å². The van der Waals surface area contributed by atoms with Crippen LogP contribution in [0.5, 0.6) is 0 Å². The predicted octanol–water partition coefficient (Wildman–Crippen LogP) is 0.780. The number of carbonyl (C=O) groups excluding carboxylic acids is 1. The van der Waals surface area contributed by atoms with Crippen molar-refractivity contribution in [3.63, 3.8) is 0 Å². The zero-order chi connectivity index (χ0) is 11.2. The summed E-state index contributed by atoms with van der Waals surface area (Å²) >= 11 is 0. The predicted molar refractivity (Wildman–Crippen MR) is 55.3 cm³/mol. The minimum atomic E-state index is -0.496. The first-order valence-corrected chi connectivity index (χ1v) is 4.81. The molecule has 0 aliphatic rings. The highest BCUT2D eigenvalue weighted by Gasteiger charge is 2.17. The van der Waals surface area contributed by atoms with E-state index in [1.165, 1.54) is 0 Å². The summed E-state index contributed by atoms with van der Waals surface area (Å²) in [5.41, 5.74) is 5.02. The highest BCUT2D eigenvalue weighted by Crippen LogP contribution is 2.10. The molecule has 0 bridgehead atoms. The Kier molecular flexibility index (Phi) is 5.18. The maximum atomic E-state index is 11.2. The number of hydrogen-bond donors (Lipinski definition) is 2. The van der Waals surface area contributed by atoms with E-state index in [0.29, 0.717) is 19.4 Å². The van der Waals surface area contributed by atoms with Gasteiger partial charge in [-0.05, 0) is 27.2 Å². The van der Waals surface area contributed by atoms with E-state index >= 15 is 0 Å². The lowest BCUT2D eigenvalue weighted by molar-refractivity contribution is -0.121. The van der Waals surface area contributed by atoms with Crippen LogP contribution in [0.1, 0.15) is 33.6 Å². The fourth-order valence-electron chi connectivity index (χ4n) is 0.806. The normalized spacial score (nSPS) is 13.1.